The predicted octanol–water partition coefficient (Wildman–Crippen LogP) is 3.43. The highest BCUT2D eigenvalue weighted by Crippen LogP contribution is 2.16. The summed E-state index contributed by atoms with van der Waals surface area (Å²) in [4.78, 5) is 28.6. The molecule has 0 saturated heterocycles. The number of rotatable bonds is 6. The van der Waals surface area contributed by atoms with E-state index in [1.165, 1.54) is 0 Å². The maximum absolute atomic E-state index is 12.2. The number of aryl methyl sites for hydroxylation is 1. The van der Waals surface area contributed by atoms with Gasteiger partial charge in [0.2, 0.25) is 0 Å². The molecular formula is C19H18ClN3O3. The van der Waals surface area contributed by atoms with E-state index in [-0.39, 0.29) is 13.2 Å². The Balaban J connectivity index is 1.59. The molecule has 1 amide bonds. The number of carbonyl (C=O) groups excluding carboxylic acids is 2. The number of benzene rings is 2. The molecule has 1 heterocycles. The lowest BCUT2D eigenvalue weighted by Crippen LogP contribution is -2.23. The smallest absolute Gasteiger partial charge is 0.326 e. The summed E-state index contributed by atoms with van der Waals surface area (Å²) in [5.41, 5.74) is 2.29. The molecule has 1 N–H and O–H groups in total. The van der Waals surface area contributed by atoms with Gasteiger partial charge in [0, 0.05) is 17.1 Å². The van der Waals surface area contributed by atoms with Crippen molar-refractivity contribution in [1.29, 1.82) is 0 Å². The topological polar surface area (TPSA) is 73.2 Å². The summed E-state index contributed by atoms with van der Waals surface area (Å²) in [6, 6.07) is 14.3. The largest absolute Gasteiger partial charge is 0.454 e. The van der Waals surface area contributed by atoms with Crippen LogP contribution in [0.3, 0.4) is 0 Å². The van der Waals surface area contributed by atoms with Crippen molar-refractivity contribution in [2.75, 3.05) is 11.9 Å². The Morgan fingerprint density at radius 2 is 1.88 bits per heavy atom. The summed E-state index contributed by atoms with van der Waals surface area (Å²) in [7, 11) is 0. The van der Waals surface area contributed by atoms with Gasteiger partial charge in [0.1, 0.15) is 12.4 Å². The Morgan fingerprint density at radius 3 is 2.62 bits per heavy atom. The monoisotopic (exact) mass is 371 g/mol. The number of carbonyl (C=O) groups is 2. The first-order chi connectivity index (χ1) is 12.6. The summed E-state index contributed by atoms with van der Waals surface area (Å²) >= 11 is 5.80. The Bertz CT molecular complexity index is 935. The molecule has 3 rings (SSSR count). The lowest BCUT2D eigenvalue weighted by Gasteiger charge is -2.09. The Kier molecular flexibility index (Phi) is 5.53. The second-order valence-electron chi connectivity index (χ2n) is 5.67. The Hall–Kier alpha value is -2.86. The van der Waals surface area contributed by atoms with Crippen molar-refractivity contribution in [2.24, 2.45) is 0 Å². The Morgan fingerprint density at radius 1 is 1.15 bits per heavy atom. The molecule has 0 spiro atoms. The van der Waals surface area contributed by atoms with E-state index < -0.39 is 11.9 Å². The highest BCUT2D eigenvalue weighted by atomic mass is 35.5. The number of ether oxygens (including phenoxy) is 1. The predicted molar refractivity (Wildman–Crippen MR) is 100 cm³/mol. The molecule has 0 atom stereocenters. The first kappa shape index (κ1) is 17.9. The molecule has 1 aromatic heterocycles. The fourth-order valence-electron chi connectivity index (χ4n) is 2.62. The molecule has 0 aliphatic carbocycles. The van der Waals surface area contributed by atoms with Crippen LogP contribution in [0.25, 0.3) is 11.0 Å². The van der Waals surface area contributed by atoms with Gasteiger partial charge in [0.25, 0.3) is 5.91 Å². The number of halogens is 1. The number of anilines is 1. The maximum Gasteiger partial charge on any atom is 0.326 e. The van der Waals surface area contributed by atoms with Gasteiger partial charge in [-0.3, -0.25) is 9.59 Å². The van der Waals surface area contributed by atoms with Crippen LogP contribution in [0.2, 0.25) is 5.02 Å². The van der Waals surface area contributed by atoms with Gasteiger partial charge in [-0.2, -0.15) is 0 Å². The van der Waals surface area contributed by atoms with Gasteiger partial charge in [0.05, 0.1) is 11.0 Å². The fraction of sp³-hybridized carbons (Fsp3) is 0.211. The third-order valence-electron chi connectivity index (χ3n) is 3.83. The summed E-state index contributed by atoms with van der Waals surface area (Å²) in [5.74, 6) is -0.102. The van der Waals surface area contributed by atoms with Gasteiger partial charge in [-0.25, -0.2) is 4.98 Å². The van der Waals surface area contributed by atoms with E-state index in [2.05, 4.69) is 10.3 Å². The first-order valence-corrected chi connectivity index (χ1v) is 8.60. The summed E-state index contributed by atoms with van der Waals surface area (Å²) < 4.78 is 6.91. The highest BCUT2D eigenvalue weighted by Gasteiger charge is 2.14. The fourth-order valence-corrected chi connectivity index (χ4v) is 2.75. The van der Waals surface area contributed by atoms with Crippen LogP contribution in [0, 0.1) is 0 Å². The second kappa shape index (κ2) is 8.01. The third-order valence-corrected chi connectivity index (χ3v) is 4.08. The standard InChI is InChI=1S/C19H18ClN3O3/c1-2-17-22-15-5-3-4-6-16(15)23(17)11-19(25)26-12-18(24)21-14-9-7-13(20)8-10-14/h3-10H,2,11-12H2,1H3,(H,21,24). The minimum atomic E-state index is -0.492. The molecule has 134 valence electrons. The van der Waals surface area contributed by atoms with Gasteiger partial charge in [-0.1, -0.05) is 30.7 Å². The minimum absolute atomic E-state index is 0.0118. The minimum Gasteiger partial charge on any atom is -0.454 e. The number of hydrogen-bond acceptors (Lipinski definition) is 4. The number of nitrogens with one attached hydrogen (secondary N) is 1. The van der Waals surface area contributed by atoms with Crippen LogP contribution in [-0.2, 0) is 27.3 Å². The number of nitrogens with zero attached hydrogens (tertiary/aromatic N) is 2. The van der Waals surface area contributed by atoms with E-state index in [1.54, 1.807) is 24.3 Å². The van der Waals surface area contributed by atoms with Crippen molar-refractivity contribution in [1.82, 2.24) is 9.55 Å². The van der Waals surface area contributed by atoms with Crippen LogP contribution < -0.4 is 5.32 Å². The van der Waals surface area contributed by atoms with Crippen LogP contribution in [-0.4, -0.2) is 28.0 Å². The molecular weight excluding hydrogens is 354 g/mol. The van der Waals surface area contributed by atoms with E-state index in [1.807, 2.05) is 35.8 Å². The average molecular weight is 372 g/mol. The molecule has 0 aliphatic heterocycles. The lowest BCUT2D eigenvalue weighted by molar-refractivity contribution is -0.147. The normalized spacial score (nSPS) is 10.7. The number of para-hydroxylation sites is 2. The van der Waals surface area contributed by atoms with Crippen molar-refractivity contribution >= 4 is 40.2 Å². The van der Waals surface area contributed by atoms with Crippen molar-refractivity contribution in [3.8, 4) is 0 Å². The van der Waals surface area contributed by atoms with Crippen LogP contribution in [0.15, 0.2) is 48.5 Å². The van der Waals surface area contributed by atoms with E-state index in [0.717, 1.165) is 16.9 Å². The molecule has 0 aliphatic rings. The molecule has 0 unspecified atom stereocenters. The van der Waals surface area contributed by atoms with Gasteiger partial charge >= 0.3 is 5.97 Å². The summed E-state index contributed by atoms with van der Waals surface area (Å²) in [6.07, 6.45) is 0.693. The zero-order valence-corrected chi connectivity index (χ0v) is 15.0. The SMILES string of the molecule is CCc1nc2ccccc2n1CC(=O)OCC(=O)Nc1ccc(Cl)cc1. The van der Waals surface area contributed by atoms with Crippen molar-refractivity contribution in [2.45, 2.75) is 19.9 Å². The number of hydrogen-bond donors (Lipinski definition) is 1. The molecule has 3 aromatic rings. The number of imidazole rings is 1. The molecule has 0 fully saturated rings. The van der Waals surface area contributed by atoms with Gasteiger partial charge in [-0.05, 0) is 36.4 Å². The molecule has 0 radical (unpaired) electrons. The van der Waals surface area contributed by atoms with Gasteiger partial charge < -0.3 is 14.6 Å². The van der Waals surface area contributed by atoms with E-state index in [9.17, 15) is 9.59 Å². The number of fused-ring (bicyclic) bond motifs is 1. The van der Waals surface area contributed by atoms with E-state index in [0.29, 0.717) is 17.1 Å². The molecule has 2 aromatic carbocycles. The number of aromatic nitrogens is 2. The van der Waals surface area contributed by atoms with Crippen molar-refractivity contribution < 1.29 is 14.3 Å². The number of amides is 1. The third kappa shape index (κ3) is 4.21. The van der Waals surface area contributed by atoms with Gasteiger partial charge in [-0.15, -0.1) is 0 Å². The zero-order valence-electron chi connectivity index (χ0n) is 14.2. The molecule has 7 heteroatoms. The van der Waals surface area contributed by atoms with Gasteiger partial charge in [0.15, 0.2) is 6.61 Å². The maximum atomic E-state index is 12.2. The average Bonchev–Trinajstić information content (AvgIpc) is 3.00. The summed E-state index contributed by atoms with van der Waals surface area (Å²) in [6.45, 7) is 1.63. The van der Waals surface area contributed by atoms with Crippen molar-refractivity contribution in [3.63, 3.8) is 0 Å². The molecule has 6 nitrogen and oxygen atoms in total. The highest BCUT2D eigenvalue weighted by molar-refractivity contribution is 6.30. The van der Waals surface area contributed by atoms with Crippen LogP contribution in [0.4, 0.5) is 5.69 Å². The molecule has 0 bridgehead atoms. The first-order valence-electron chi connectivity index (χ1n) is 8.22. The van der Waals surface area contributed by atoms with E-state index >= 15 is 0 Å². The summed E-state index contributed by atoms with van der Waals surface area (Å²) in [5, 5.41) is 3.22. The molecule has 0 saturated carbocycles. The van der Waals surface area contributed by atoms with Crippen LogP contribution >= 0.6 is 11.6 Å². The van der Waals surface area contributed by atoms with Crippen LogP contribution in [0.1, 0.15) is 12.7 Å². The van der Waals surface area contributed by atoms with E-state index in [4.69, 9.17) is 16.3 Å². The lowest BCUT2D eigenvalue weighted by atomic mass is 10.3. The molecule has 26 heavy (non-hydrogen) atoms. The quantitative estimate of drug-likeness (QED) is 0.674. The zero-order chi connectivity index (χ0) is 18.5. The van der Waals surface area contributed by atoms with Crippen molar-refractivity contribution in [3.05, 3.63) is 59.4 Å². The Labute approximate surface area is 155 Å². The second-order valence-corrected chi connectivity index (χ2v) is 6.11. The number of esters is 1. The van der Waals surface area contributed by atoms with Crippen LogP contribution in [0.5, 0.6) is 0 Å².